The van der Waals surface area contributed by atoms with Gasteiger partial charge in [0.25, 0.3) is 0 Å². The van der Waals surface area contributed by atoms with Crippen LogP contribution in [0.4, 0.5) is 0 Å². The zero-order valence-electron chi connectivity index (χ0n) is 17.5. The summed E-state index contributed by atoms with van der Waals surface area (Å²) < 4.78 is 13.2. The number of benzene rings is 1. The van der Waals surface area contributed by atoms with Crippen LogP contribution in [-0.2, 0) is 13.6 Å². The average molecular weight is 383 g/mol. The number of nitrogens with zero attached hydrogens (tertiary/aromatic N) is 3. The van der Waals surface area contributed by atoms with Crippen molar-refractivity contribution < 1.29 is 9.47 Å². The Kier molecular flexibility index (Phi) is 6.52. The first-order valence-electron chi connectivity index (χ1n) is 9.85. The Hall–Kier alpha value is -2.60. The Labute approximate surface area is 166 Å². The van der Waals surface area contributed by atoms with E-state index in [4.69, 9.17) is 9.47 Å². The molecule has 0 aliphatic rings. The molecule has 0 amide bonds. The van der Waals surface area contributed by atoms with Crippen LogP contribution < -0.4 is 14.8 Å². The van der Waals surface area contributed by atoms with Crippen molar-refractivity contribution in [3.63, 3.8) is 0 Å². The zero-order chi connectivity index (χ0) is 20.1. The first kappa shape index (κ1) is 20.1. The highest BCUT2D eigenvalue weighted by Crippen LogP contribution is 2.30. The Bertz CT molecular complexity index is 936. The molecule has 0 saturated carbocycles. The van der Waals surface area contributed by atoms with Crippen molar-refractivity contribution in [2.45, 2.75) is 46.2 Å². The van der Waals surface area contributed by atoms with Crippen molar-refractivity contribution in [3.05, 3.63) is 47.3 Å². The van der Waals surface area contributed by atoms with E-state index >= 15 is 0 Å². The molecular formula is C22H30N4O2. The number of unbranched alkanes of at least 4 members (excludes halogenated alkanes) is 1. The molecule has 1 N–H and O–H groups in total. The van der Waals surface area contributed by atoms with Gasteiger partial charge in [0.05, 0.1) is 19.4 Å². The number of pyridine rings is 1. The topological polar surface area (TPSA) is 61.2 Å². The number of rotatable bonds is 9. The lowest BCUT2D eigenvalue weighted by Crippen LogP contribution is -2.18. The average Bonchev–Trinajstić information content (AvgIpc) is 2.99. The monoisotopic (exact) mass is 382 g/mol. The third-order valence-electron chi connectivity index (χ3n) is 4.98. The standard InChI is InChI=1S/C22H30N4O2/c1-6-7-10-28-20-9-8-18(12-21(20)27-5)15(2)23-13-17-11-19-16(3)25-26(4)22(19)24-14-17/h8-9,11-12,14-15,23H,6-7,10,13H2,1-5H3. The highest BCUT2D eigenvalue weighted by Gasteiger charge is 2.12. The van der Waals surface area contributed by atoms with Gasteiger partial charge in [0, 0.05) is 31.2 Å². The third-order valence-corrected chi connectivity index (χ3v) is 4.98. The number of hydrogen-bond donors (Lipinski definition) is 1. The minimum absolute atomic E-state index is 0.171. The van der Waals surface area contributed by atoms with Crippen molar-refractivity contribution in [2.24, 2.45) is 7.05 Å². The molecule has 0 spiro atoms. The summed E-state index contributed by atoms with van der Waals surface area (Å²) in [7, 11) is 3.60. The Morgan fingerprint density at radius 2 is 2.04 bits per heavy atom. The molecule has 0 radical (unpaired) electrons. The van der Waals surface area contributed by atoms with Crippen LogP contribution in [0.15, 0.2) is 30.5 Å². The summed E-state index contributed by atoms with van der Waals surface area (Å²) >= 11 is 0. The molecule has 6 heteroatoms. The van der Waals surface area contributed by atoms with Gasteiger partial charge in [0.2, 0.25) is 0 Å². The van der Waals surface area contributed by atoms with E-state index in [9.17, 15) is 0 Å². The normalized spacial score (nSPS) is 12.3. The zero-order valence-corrected chi connectivity index (χ0v) is 17.5. The molecule has 6 nitrogen and oxygen atoms in total. The number of hydrogen-bond acceptors (Lipinski definition) is 5. The number of nitrogens with one attached hydrogen (secondary N) is 1. The molecule has 2 heterocycles. The summed E-state index contributed by atoms with van der Waals surface area (Å²) in [6.07, 6.45) is 4.06. The van der Waals surface area contributed by atoms with Gasteiger partial charge >= 0.3 is 0 Å². The van der Waals surface area contributed by atoms with Gasteiger partial charge in [-0.2, -0.15) is 5.10 Å². The van der Waals surface area contributed by atoms with Gasteiger partial charge in [0.1, 0.15) is 0 Å². The molecule has 1 unspecified atom stereocenters. The van der Waals surface area contributed by atoms with Crippen LogP contribution in [-0.4, -0.2) is 28.5 Å². The molecule has 0 bridgehead atoms. The molecule has 2 aromatic heterocycles. The summed E-state index contributed by atoms with van der Waals surface area (Å²) in [5.41, 5.74) is 4.22. The molecule has 28 heavy (non-hydrogen) atoms. The smallest absolute Gasteiger partial charge is 0.161 e. The van der Waals surface area contributed by atoms with Gasteiger partial charge in [-0.25, -0.2) is 4.98 Å². The van der Waals surface area contributed by atoms with Crippen LogP contribution >= 0.6 is 0 Å². The lowest BCUT2D eigenvalue weighted by Gasteiger charge is -2.17. The van der Waals surface area contributed by atoms with Crippen LogP contribution in [0.5, 0.6) is 11.5 Å². The van der Waals surface area contributed by atoms with Crippen molar-refractivity contribution in [2.75, 3.05) is 13.7 Å². The fourth-order valence-electron chi connectivity index (χ4n) is 3.24. The summed E-state index contributed by atoms with van der Waals surface area (Å²) in [5.74, 6) is 1.57. The van der Waals surface area contributed by atoms with E-state index < -0.39 is 0 Å². The number of methoxy groups -OCH3 is 1. The van der Waals surface area contributed by atoms with E-state index in [1.807, 2.05) is 37.0 Å². The summed E-state index contributed by atoms with van der Waals surface area (Å²) in [5, 5.41) is 9.10. The van der Waals surface area contributed by atoms with Crippen LogP contribution in [0.1, 0.15) is 49.6 Å². The van der Waals surface area contributed by atoms with Crippen molar-refractivity contribution >= 4 is 11.0 Å². The SMILES string of the molecule is CCCCOc1ccc(C(C)NCc2cnc3c(c2)c(C)nn3C)cc1OC. The summed E-state index contributed by atoms with van der Waals surface area (Å²) in [4.78, 5) is 4.55. The molecule has 0 saturated heterocycles. The van der Waals surface area contributed by atoms with E-state index in [1.54, 1.807) is 7.11 Å². The molecule has 150 valence electrons. The maximum Gasteiger partial charge on any atom is 0.161 e. The minimum Gasteiger partial charge on any atom is -0.493 e. The van der Waals surface area contributed by atoms with Crippen LogP contribution in [0, 0.1) is 6.92 Å². The second-order valence-electron chi connectivity index (χ2n) is 7.14. The first-order valence-corrected chi connectivity index (χ1v) is 9.85. The summed E-state index contributed by atoms with van der Waals surface area (Å²) in [6, 6.07) is 8.47. The van der Waals surface area contributed by atoms with Crippen LogP contribution in [0.2, 0.25) is 0 Å². The lowest BCUT2D eigenvalue weighted by atomic mass is 10.1. The second kappa shape index (κ2) is 9.06. The van der Waals surface area contributed by atoms with Gasteiger partial charge in [0.15, 0.2) is 17.1 Å². The van der Waals surface area contributed by atoms with Crippen molar-refractivity contribution in [1.29, 1.82) is 0 Å². The Morgan fingerprint density at radius 1 is 1.21 bits per heavy atom. The number of aryl methyl sites for hydroxylation is 2. The maximum absolute atomic E-state index is 5.82. The fourth-order valence-corrected chi connectivity index (χ4v) is 3.24. The second-order valence-corrected chi connectivity index (χ2v) is 7.14. The van der Waals surface area contributed by atoms with Gasteiger partial charge < -0.3 is 14.8 Å². The Balaban J connectivity index is 1.67. The van der Waals surface area contributed by atoms with E-state index in [0.717, 1.165) is 58.7 Å². The molecule has 0 fully saturated rings. The highest BCUT2D eigenvalue weighted by atomic mass is 16.5. The minimum atomic E-state index is 0.171. The Morgan fingerprint density at radius 3 is 2.79 bits per heavy atom. The maximum atomic E-state index is 5.82. The third kappa shape index (κ3) is 4.44. The van der Waals surface area contributed by atoms with Crippen LogP contribution in [0.25, 0.3) is 11.0 Å². The number of fused-ring (bicyclic) bond motifs is 1. The molecular weight excluding hydrogens is 352 g/mol. The molecule has 1 aromatic carbocycles. The molecule has 3 aromatic rings. The highest BCUT2D eigenvalue weighted by molar-refractivity contribution is 5.78. The summed E-state index contributed by atoms with van der Waals surface area (Å²) in [6.45, 7) is 7.76. The lowest BCUT2D eigenvalue weighted by molar-refractivity contribution is 0.288. The van der Waals surface area contributed by atoms with E-state index in [1.165, 1.54) is 0 Å². The fraction of sp³-hybridized carbons (Fsp3) is 0.455. The van der Waals surface area contributed by atoms with E-state index in [2.05, 4.69) is 41.4 Å². The van der Waals surface area contributed by atoms with Crippen LogP contribution in [0.3, 0.4) is 0 Å². The molecule has 3 rings (SSSR count). The molecule has 0 aliphatic heterocycles. The van der Waals surface area contributed by atoms with Crippen molar-refractivity contribution in [3.8, 4) is 11.5 Å². The largest absolute Gasteiger partial charge is 0.493 e. The van der Waals surface area contributed by atoms with Gasteiger partial charge in [-0.3, -0.25) is 4.68 Å². The van der Waals surface area contributed by atoms with Gasteiger partial charge in [-0.1, -0.05) is 19.4 Å². The molecule has 1 atom stereocenters. The molecule has 0 aliphatic carbocycles. The van der Waals surface area contributed by atoms with Gasteiger partial charge in [-0.05, 0) is 49.6 Å². The van der Waals surface area contributed by atoms with Crippen molar-refractivity contribution in [1.82, 2.24) is 20.1 Å². The van der Waals surface area contributed by atoms with E-state index in [-0.39, 0.29) is 6.04 Å². The first-order chi connectivity index (χ1) is 13.5. The van der Waals surface area contributed by atoms with E-state index in [0.29, 0.717) is 6.61 Å². The quantitative estimate of drug-likeness (QED) is 0.559. The predicted octanol–water partition coefficient (Wildman–Crippen LogP) is 4.32. The number of ether oxygens (including phenoxy) is 2. The number of aromatic nitrogens is 3. The predicted molar refractivity (Wildman–Crippen MR) is 112 cm³/mol. The van der Waals surface area contributed by atoms with Gasteiger partial charge in [-0.15, -0.1) is 0 Å².